The van der Waals surface area contributed by atoms with Crippen molar-refractivity contribution in [2.45, 2.75) is 13.0 Å². The molecule has 0 bridgehead atoms. The van der Waals surface area contributed by atoms with E-state index in [-0.39, 0.29) is 44.3 Å². The molecule has 5 rings (SSSR count). The van der Waals surface area contributed by atoms with Crippen molar-refractivity contribution in [2.75, 3.05) is 0 Å². The van der Waals surface area contributed by atoms with Crippen LogP contribution in [0.3, 0.4) is 0 Å². The second kappa shape index (κ2) is 7.30. The van der Waals surface area contributed by atoms with Gasteiger partial charge in [0.15, 0.2) is 0 Å². The van der Waals surface area contributed by atoms with Crippen LogP contribution in [0.4, 0.5) is 11.4 Å². The maximum absolute atomic E-state index is 13.6. The fraction of sp³-hybridized carbons (Fsp3) is 0.0870. The third-order valence-corrected chi connectivity index (χ3v) is 5.94. The van der Waals surface area contributed by atoms with Gasteiger partial charge in [-0.1, -0.05) is 12.1 Å². The minimum atomic E-state index is -1.21. The fourth-order valence-corrected chi connectivity index (χ4v) is 4.32. The summed E-state index contributed by atoms with van der Waals surface area (Å²) in [5.74, 6) is -1.85. The van der Waals surface area contributed by atoms with Gasteiger partial charge in [0.1, 0.15) is 6.04 Å². The Morgan fingerprint density at radius 1 is 0.794 bits per heavy atom. The fourth-order valence-electron chi connectivity index (χ4n) is 4.32. The summed E-state index contributed by atoms with van der Waals surface area (Å²) >= 11 is 0. The minimum Gasteiger partial charge on any atom is -0.278 e. The summed E-state index contributed by atoms with van der Waals surface area (Å²) in [4.78, 5) is 61.7. The van der Waals surface area contributed by atoms with Gasteiger partial charge >= 0.3 is 0 Å². The van der Waals surface area contributed by atoms with E-state index < -0.39 is 33.6 Å². The normalized spacial score (nSPS) is 14.0. The summed E-state index contributed by atoms with van der Waals surface area (Å²) in [7, 11) is 0. The van der Waals surface area contributed by atoms with Crippen molar-refractivity contribution in [3.8, 4) is 0 Å². The first kappa shape index (κ1) is 20.9. The molecular formula is C23H14N4O7. The van der Waals surface area contributed by atoms with E-state index in [0.717, 1.165) is 4.90 Å². The highest BCUT2D eigenvalue weighted by Gasteiger charge is 2.41. The first-order chi connectivity index (χ1) is 16.2. The van der Waals surface area contributed by atoms with Crippen molar-refractivity contribution in [3.63, 3.8) is 0 Å². The molecule has 2 heterocycles. The monoisotopic (exact) mass is 458 g/mol. The third kappa shape index (κ3) is 2.87. The summed E-state index contributed by atoms with van der Waals surface area (Å²) in [6.07, 6.45) is 0. The lowest BCUT2D eigenvalue weighted by molar-refractivity contribution is -0.385. The molecule has 11 heteroatoms. The molecule has 0 N–H and O–H groups in total. The molecule has 0 saturated heterocycles. The number of nitrogens with zero attached hydrogens (tertiary/aromatic N) is 4. The van der Waals surface area contributed by atoms with E-state index >= 15 is 0 Å². The minimum absolute atomic E-state index is 0.195. The highest BCUT2D eigenvalue weighted by Crippen LogP contribution is 2.35. The largest absolute Gasteiger partial charge is 0.278 e. The van der Waals surface area contributed by atoms with Gasteiger partial charge in [-0.05, 0) is 31.2 Å². The molecule has 1 aromatic heterocycles. The van der Waals surface area contributed by atoms with E-state index in [1.807, 2.05) is 0 Å². The van der Waals surface area contributed by atoms with Gasteiger partial charge < -0.3 is 0 Å². The van der Waals surface area contributed by atoms with Gasteiger partial charge in [0.2, 0.25) is 0 Å². The summed E-state index contributed by atoms with van der Waals surface area (Å²) in [5.41, 5.74) is 0.406. The van der Waals surface area contributed by atoms with Crippen molar-refractivity contribution < 1.29 is 24.2 Å². The molecule has 1 aliphatic rings. The SMILES string of the molecule is C[C@@H](C(=O)n1c2ccc([N+](=O)[O-])cc2c2cc([N+](=O)[O-])ccc21)N1C(=O)c2ccccc2C1=O. The average molecular weight is 458 g/mol. The molecule has 0 unspecified atom stereocenters. The van der Waals surface area contributed by atoms with Crippen LogP contribution in [0.2, 0.25) is 0 Å². The lowest BCUT2D eigenvalue weighted by atomic mass is 10.1. The number of carbonyl (C=O) groups excluding carboxylic acids is 3. The molecule has 2 amide bonds. The van der Waals surface area contributed by atoms with Gasteiger partial charge in [-0.2, -0.15) is 0 Å². The number of nitro groups is 2. The van der Waals surface area contributed by atoms with Crippen molar-refractivity contribution in [2.24, 2.45) is 0 Å². The molecule has 0 aliphatic carbocycles. The Hall–Kier alpha value is -4.93. The van der Waals surface area contributed by atoms with Gasteiger partial charge in [-0.3, -0.25) is 44.1 Å². The van der Waals surface area contributed by atoms with Gasteiger partial charge in [0.05, 0.1) is 32.0 Å². The van der Waals surface area contributed by atoms with Crippen molar-refractivity contribution in [1.29, 1.82) is 0 Å². The Kier molecular flexibility index (Phi) is 4.50. The lowest BCUT2D eigenvalue weighted by Crippen LogP contribution is -2.44. The zero-order valence-corrected chi connectivity index (χ0v) is 17.5. The molecule has 0 spiro atoms. The van der Waals surface area contributed by atoms with E-state index in [1.54, 1.807) is 12.1 Å². The predicted molar refractivity (Wildman–Crippen MR) is 120 cm³/mol. The van der Waals surface area contributed by atoms with Crippen molar-refractivity contribution in [1.82, 2.24) is 9.47 Å². The molecular weight excluding hydrogens is 444 g/mol. The van der Waals surface area contributed by atoms with Crippen LogP contribution in [0.15, 0.2) is 60.7 Å². The number of benzene rings is 3. The number of amides is 2. The predicted octanol–water partition coefficient (Wildman–Crippen LogP) is 3.94. The summed E-state index contributed by atoms with van der Waals surface area (Å²) in [6.45, 7) is 1.42. The Labute approximate surface area is 190 Å². The highest BCUT2D eigenvalue weighted by atomic mass is 16.6. The first-order valence-corrected chi connectivity index (χ1v) is 10.1. The van der Waals surface area contributed by atoms with E-state index in [9.17, 15) is 34.6 Å². The van der Waals surface area contributed by atoms with Crippen LogP contribution in [0.5, 0.6) is 0 Å². The summed E-state index contributed by atoms with van der Waals surface area (Å²) < 4.78 is 1.23. The molecule has 34 heavy (non-hydrogen) atoms. The molecule has 168 valence electrons. The first-order valence-electron chi connectivity index (χ1n) is 10.1. The van der Waals surface area contributed by atoms with E-state index in [1.165, 1.54) is 60.0 Å². The van der Waals surface area contributed by atoms with Crippen LogP contribution in [0.1, 0.15) is 32.4 Å². The Bertz CT molecular complexity index is 1500. The van der Waals surface area contributed by atoms with Crippen LogP contribution >= 0.6 is 0 Å². The maximum Gasteiger partial charge on any atom is 0.270 e. The number of hydrogen-bond donors (Lipinski definition) is 0. The third-order valence-electron chi connectivity index (χ3n) is 5.94. The van der Waals surface area contributed by atoms with E-state index in [2.05, 4.69) is 0 Å². The van der Waals surface area contributed by atoms with Crippen LogP contribution in [0, 0.1) is 20.2 Å². The number of hydrogen-bond acceptors (Lipinski definition) is 7. The molecule has 11 nitrogen and oxygen atoms in total. The van der Waals surface area contributed by atoms with Crippen LogP contribution in [-0.4, -0.2) is 43.1 Å². The van der Waals surface area contributed by atoms with Crippen LogP contribution < -0.4 is 0 Å². The Balaban J connectivity index is 1.69. The van der Waals surface area contributed by atoms with E-state index in [4.69, 9.17) is 0 Å². The molecule has 0 radical (unpaired) electrons. The van der Waals surface area contributed by atoms with Gasteiger partial charge in [0, 0.05) is 35.0 Å². The zero-order valence-electron chi connectivity index (χ0n) is 17.5. The molecule has 3 aromatic carbocycles. The van der Waals surface area contributed by atoms with E-state index in [0.29, 0.717) is 0 Å². The quantitative estimate of drug-likeness (QED) is 0.256. The number of aromatic nitrogens is 1. The molecule has 0 fully saturated rings. The van der Waals surface area contributed by atoms with Gasteiger partial charge in [-0.25, -0.2) is 0 Å². The van der Waals surface area contributed by atoms with Crippen molar-refractivity contribution in [3.05, 3.63) is 92.0 Å². The second-order valence-corrected chi connectivity index (χ2v) is 7.79. The molecule has 0 saturated carbocycles. The zero-order chi connectivity index (χ0) is 24.3. The summed E-state index contributed by atoms with van der Waals surface area (Å²) in [6, 6.07) is 12.7. The standard InChI is InChI=1S/C23H14N4O7/c1-12(24-22(29)15-4-2-3-5-16(15)23(24)30)21(28)25-19-8-6-13(26(31)32)10-17(19)18-11-14(27(33)34)7-9-20(18)25/h2-12H,1H3/t12-/m0/s1. The molecule has 1 aliphatic heterocycles. The number of non-ortho nitro benzene ring substituents is 2. The van der Waals surface area contributed by atoms with Crippen LogP contribution in [0.25, 0.3) is 21.8 Å². The van der Waals surface area contributed by atoms with Crippen molar-refractivity contribution >= 4 is 50.9 Å². The van der Waals surface area contributed by atoms with Gasteiger partial charge in [0.25, 0.3) is 29.1 Å². The molecule has 4 aromatic rings. The number of imide groups is 1. The smallest absolute Gasteiger partial charge is 0.270 e. The second-order valence-electron chi connectivity index (χ2n) is 7.79. The van der Waals surface area contributed by atoms with Gasteiger partial charge in [-0.15, -0.1) is 0 Å². The number of nitro benzene ring substituents is 2. The Morgan fingerprint density at radius 2 is 1.24 bits per heavy atom. The highest BCUT2D eigenvalue weighted by molar-refractivity contribution is 6.23. The summed E-state index contributed by atoms with van der Waals surface area (Å²) in [5, 5.41) is 23.1. The average Bonchev–Trinajstić information content (AvgIpc) is 3.28. The van der Waals surface area contributed by atoms with Crippen LogP contribution in [-0.2, 0) is 0 Å². The maximum atomic E-state index is 13.6. The number of carbonyl (C=O) groups is 3. The number of rotatable bonds is 4. The lowest BCUT2D eigenvalue weighted by Gasteiger charge is -2.22. The topological polar surface area (TPSA) is 146 Å². The Morgan fingerprint density at radius 3 is 1.65 bits per heavy atom. The molecule has 1 atom stereocenters. The number of fused-ring (bicyclic) bond motifs is 4.